The average Bonchev–Trinajstić information content (AvgIpc) is 3.25. The number of aromatic nitrogens is 3. The Bertz CT molecular complexity index is 946. The summed E-state index contributed by atoms with van der Waals surface area (Å²) in [5.41, 5.74) is 2.12. The zero-order chi connectivity index (χ0) is 16.7. The fourth-order valence-corrected chi connectivity index (χ4v) is 3.55. The first-order valence-corrected chi connectivity index (χ1v) is 8.07. The summed E-state index contributed by atoms with van der Waals surface area (Å²) in [6.45, 7) is 0. The van der Waals surface area contributed by atoms with Crippen LogP contribution >= 0.6 is 0 Å². The van der Waals surface area contributed by atoms with E-state index in [0.717, 1.165) is 35.8 Å². The molecule has 0 aromatic carbocycles. The number of H-pyrrole nitrogens is 1. The molecule has 3 aromatic rings. The molecule has 4 rings (SSSR count). The smallest absolute Gasteiger partial charge is 0.356 e. The average molecular weight is 327 g/mol. The molecule has 124 valence electrons. The van der Waals surface area contributed by atoms with E-state index in [9.17, 15) is 9.59 Å². The lowest BCUT2D eigenvalue weighted by Gasteiger charge is -2.23. The number of hydrogen-bond acceptors (Lipinski definition) is 4. The van der Waals surface area contributed by atoms with Crippen LogP contribution < -0.4 is 5.56 Å². The van der Waals surface area contributed by atoms with Crippen LogP contribution in [0.2, 0.25) is 0 Å². The molecule has 7 heteroatoms. The first-order valence-electron chi connectivity index (χ1n) is 8.07. The quantitative estimate of drug-likeness (QED) is 0.770. The van der Waals surface area contributed by atoms with Gasteiger partial charge in [0.15, 0.2) is 5.69 Å². The summed E-state index contributed by atoms with van der Waals surface area (Å²) >= 11 is 0. The Morgan fingerprint density at radius 2 is 2.12 bits per heavy atom. The highest BCUT2D eigenvalue weighted by atomic mass is 16.4. The highest BCUT2D eigenvalue weighted by molar-refractivity contribution is 5.86. The Morgan fingerprint density at radius 1 is 1.33 bits per heavy atom. The molecule has 0 spiro atoms. The second-order valence-electron chi connectivity index (χ2n) is 6.20. The number of carbonyl (C=O) groups is 1. The molecule has 0 saturated heterocycles. The van der Waals surface area contributed by atoms with Gasteiger partial charge in [0, 0.05) is 17.2 Å². The summed E-state index contributed by atoms with van der Waals surface area (Å²) < 4.78 is 6.33. The van der Waals surface area contributed by atoms with Crippen molar-refractivity contribution in [1.82, 2.24) is 14.6 Å². The number of rotatable bonds is 3. The highest BCUT2D eigenvalue weighted by Crippen LogP contribution is 2.35. The van der Waals surface area contributed by atoms with Gasteiger partial charge in [0.25, 0.3) is 5.56 Å². The minimum absolute atomic E-state index is 0.147. The van der Waals surface area contributed by atoms with Gasteiger partial charge >= 0.3 is 5.97 Å². The molecular weight excluding hydrogens is 310 g/mol. The Labute approximate surface area is 136 Å². The van der Waals surface area contributed by atoms with Crippen LogP contribution in [0, 0.1) is 0 Å². The van der Waals surface area contributed by atoms with Crippen molar-refractivity contribution in [3.8, 4) is 11.3 Å². The van der Waals surface area contributed by atoms with E-state index in [1.807, 2.05) is 0 Å². The topological polar surface area (TPSA) is 101 Å². The number of nitrogens with one attached hydrogen (secondary N) is 1. The third-order valence-electron chi connectivity index (χ3n) is 4.70. The number of nitrogens with zero attached hydrogens (tertiary/aromatic N) is 2. The van der Waals surface area contributed by atoms with Crippen LogP contribution in [-0.4, -0.2) is 25.7 Å². The Morgan fingerprint density at radius 3 is 2.79 bits per heavy atom. The zero-order valence-corrected chi connectivity index (χ0v) is 13.0. The van der Waals surface area contributed by atoms with Gasteiger partial charge in [0.2, 0.25) is 0 Å². The van der Waals surface area contributed by atoms with Gasteiger partial charge < -0.3 is 14.5 Å². The fraction of sp³-hybridized carbons (Fsp3) is 0.353. The van der Waals surface area contributed by atoms with E-state index >= 15 is 0 Å². The predicted octanol–water partition coefficient (Wildman–Crippen LogP) is 3.03. The second-order valence-corrected chi connectivity index (χ2v) is 6.20. The van der Waals surface area contributed by atoms with E-state index in [0.29, 0.717) is 16.9 Å². The molecular formula is C17H17N3O4. The van der Waals surface area contributed by atoms with E-state index in [4.69, 9.17) is 9.52 Å². The molecule has 7 nitrogen and oxygen atoms in total. The molecule has 0 amide bonds. The van der Waals surface area contributed by atoms with Gasteiger partial charge in [0.05, 0.1) is 18.2 Å². The summed E-state index contributed by atoms with van der Waals surface area (Å²) in [7, 11) is 0. The first kappa shape index (κ1) is 14.7. The first-order chi connectivity index (χ1) is 11.6. The molecule has 2 N–H and O–H groups in total. The van der Waals surface area contributed by atoms with Gasteiger partial charge in [-0.2, -0.15) is 9.61 Å². The molecule has 1 aliphatic rings. The number of fused-ring (bicyclic) bond motifs is 1. The minimum Gasteiger partial charge on any atom is -0.476 e. The fourth-order valence-electron chi connectivity index (χ4n) is 3.55. The van der Waals surface area contributed by atoms with E-state index in [2.05, 4.69) is 10.1 Å². The minimum atomic E-state index is -1.16. The molecule has 0 unspecified atom stereocenters. The van der Waals surface area contributed by atoms with Gasteiger partial charge in [-0.15, -0.1) is 0 Å². The van der Waals surface area contributed by atoms with Crippen molar-refractivity contribution in [3.63, 3.8) is 0 Å². The van der Waals surface area contributed by atoms with Crippen molar-refractivity contribution in [1.29, 1.82) is 0 Å². The summed E-state index contributed by atoms with van der Waals surface area (Å²) in [5.74, 6) is -1.01. The number of hydrogen-bond donors (Lipinski definition) is 2. The standard InChI is InChI=1S/C17H17N3O4/c21-16-14(10-4-2-1-3-5-10)15(11-6-7-24-9-11)18-13-8-12(17(22)23)19-20(13)16/h6-10,18H,1-5H2,(H,22,23). The number of furan rings is 1. The maximum atomic E-state index is 13.0. The SMILES string of the molecule is O=C(O)c1cc2[nH]c(-c3ccoc3)c(C3CCCCC3)c(=O)n2n1. The molecule has 3 aromatic heterocycles. The summed E-state index contributed by atoms with van der Waals surface area (Å²) in [6.07, 6.45) is 8.41. The maximum absolute atomic E-state index is 13.0. The van der Waals surface area contributed by atoms with Gasteiger partial charge in [0.1, 0.15) is 5.65 Å². The summed E-state index contributed by atoms with van der Waals surface area (Å²) in [5, 5.41) is 13.1. The van der Waals surface area contributed by atoms with E-state index < -0.39 is 5.97 Å². The van der Waals surface area contributed by atoms with Crippen molar-refractivity contribution in [2.75, 3.05) is 0 Å². The van der Waals surface area contributed by atoms with Crippen molar-refractivity contribution in [3.05, 3.63) is 46.3 Å². The molecule has 1 aliphatic carbocycles. The molecule has 1 fully saturated rings. The molecule has 1 saturated carbocycles. The van der Waals surface area contributed by atoms with Crippen molar-refractivity contribution in [2.24, 2.45) is 0 Å². The van der Waals surface area contributed by atoms with Gasteiger partial charge in [-0.1, -0.05) is 19.3 Å². The predicted molar refractivity (Wildman–Crippen MR) is 86.3 cm³/mol. The Balaban J connectivity index is 1.99. The molecule has 24 heavy (non-hydrogen) atoms. The lowest BCUT2D eigenvalue weighted by molar-refractivity contribution is 0.0690. The van der Waals surface area contributed by atoms with Crippen LogP contribution in [0.5, 0.6) is 0 Å². The molecule has 0 aliphatic heterocycles. The normalized spacial score (nSPS) is 15.8. The van der Waals surface area contributed by atoms with E-state index in [1.165, 1.54) is 12.5 Å². The molecule has 0 atom stereocenters. The zero-order valence-electron chi connectivity index (χ0n) is 13.0. The molecule has 0 radical (unpaired) electrons. The maximum Gasteiger partial charge on any atom is 0.356 e. The summed E-state index contributed by atoms with van der Waals surface area (Å²) in [4.78, 5) is 27.4. The third-order valence-corrected chi connectivity index (χ3v) is 4.70. The van der Waals surface area contributed by atoms with Crippen LogP contribution in [0.15, 0.2) is 33.9 Å². The van der Waals surface area contributed by atoms with Crippen LogP contribution in [-0.2, 0) is 0 Å². The molecule has 3 heterocycles. The van der Waals surface area contributed by atoms with Crippen LogP contribution in [0.25, 0.3) is 16.9 Å². The highest BCUT2D eigenvalue weighted by Gasteiger charge is 2.25. The number of aromatic carboxylic acids is 1. The lowest BCUT2D eigenvalue weighted by atomic mass is 9.83. The van der Waals surface area contributed by atoms with Crippen molar-refractivity contribution >= 4 is 11.6 Å². The van der Waals surface area contributed by atoms with Gasteiger partial charge in [-0.25, -0.2) is 4.79 Å². The Kier molecular flexibility index (Phi) is 3.48. The van der Waals surface area contributed by atoms with Gasteiger partial charge in [-0.05, 0) is 24.8 Å². The van der Waals surface area contributed by atoms with Crippen LogP contribution in [0.1, 0.15) is 54.1 Å². The number of aromatic amines is 1. The monoisotopic (exact) mass is 327 g/mol. The largest absolute Gasteiger partial charge is 0.476 e. The summed E-state index contributed by atoms with van der Waals surface area (Å²) in [6, 6.07) is 3.17. The van der Waals surface area contributed by atoms with Crippen molar-refractivity contribution < 1.29 is 14.3 Å². The van der Waals surface area contributed by atoms with Crippen LogP contribution in [0.3, 0.4) is 0 Å². The second kappa shape index (κ2) is 5.67. The Hall–Kier alpha value is -2.83. The number of carboxylic acids is 1. The van der Waals surface area contributed by atoms with E-state index in [-0.39, 0.29) is 17.2 Å². The molecule has 0 bridgehead atoms. The van der Waals surface area contributed by atoms with E-state index in [1.54, 1.807) is 18.6 Å². The van der Waals surface area contributed by atoms with Gasteiger partial charge in [-0.3, -0.25) is 4.79 Å². The third kappa shape index (κ3) is 2.33. The van der Waals surface area contributed by atoms with Crippen LogP contribution in [0.4, 0.5) is 0 Å². The number of carboxylic acid groups (broad SMARTS) is 1. The van der Waals surface area contributed by atoms with Crippen molar-refractivity contribution in [2.45, 2.75) is 38.0 Å². The lowest BCUT2D eigenvalue weighted by Crippen LogP contribution is -2.25.